The first-order valence-electron chi connectivity index (χ1n) is 6.55. The van der Waals surface area contributed by atoms with Crippen molar-refractivity contribution >= 4 is 6.09 Å². The highest BCUT2D eigenvalue weighted by Gasteiger charge is 2.22. The number of carbonyl (C=O) groups is 1. The van der Waals surface area contributed by atoms with Crippen LogP contribution in [0.4, 0.5) is 4.79 Å². The molecule has 0 bridgehead atoms. The summed E-state index contributed by atoms with van der Waals surface area (Å²) < 4.78 is 5.26. The third kappa shape index (κ3) is 5.30. The van der Waals surface area contributed by atoms with Crippen molar-refractivity contribution in [2.75, 3.05) is 7.05 Å². The maximum Gasteiger partial charge on any atom is 0.407 e. The molecule has 2 atom stereocenters. The molecule has 19 heavy (non-hydrogen) atoms. The largest absolute Gasteiger partial charge is 0.444 e. The van der Waals surface area contributed by atoms with Crippen molar-refractivity contribution in [1.29, 1.82) is 0 Å². The number of alkyl carbamates (subject to hydrolysis) is 1. The van der Waals surface area contributed by atoms with Crippen LogP contribution in [0, 0.1) is 0 Å². The summed E-state index contributed by atoms with van der Waals surface area (Å²) >= 11 is 0. The molecule has 1 aromatic carbocycles. The Labute approximate surface area is 115 Å². The molecule has 106 valence electrons. The Balaban J connectivity index is 2.65. The number of benzene rings is 1. The van der Waals surface area contributed by atoms with Crippen LogP contribution in [0.25, 0.3) is 0 Å². The minimum Gasteiger partial charge on any atom is -0.444 e. The van der Waals surface area contributed by atoms with Gasteiger partial charge in [0.2, 0.25) is 0 Å². The first-order valence-corrected chi connectivity index (χ1v) is 6.55. The van der Waals surface area contributed by atoms with Crippen LogP contribution < -0.4 is 10.6 Å². The van der Waals surface area contributed by atoms with E-state index in [4.69, 9.17) is 4.74 Å². The summed E-state index contributed by atoms with van der Waals surface area (Å²) in [6.07, 6.45) is -0.392. The lowest BCUT2D eigenvalue weighted by Gasteiger charge is -2.27. The lowest BCUT2D eigenvalue weighted by atomic mass is 10.0. The highest BCUT2D eigenvalue weighted by molar-refractivity contribution is 5.68. The Hall–Kier alpha value is -1.55. The number of nitrogens with one attached hydrogen (secondary N) is 2. The number of rotatable bonds is 4. The average Bonchev–Trinajstić information content (AvgIpc) is 2.28. The van der Waals surface area contributed by atoms with E-state index in [-0.39, 0.29) is 12.1 Å². The van der Waals surface area contributed by atoms with Crippen molar-refractivity contribution in [3.05, 3.63) is 35.9 Å². The molecule has 0 aliphatic carbocycles. The summed E-state index contributed by atoms with van der Waals surface area (Å²) in [5.41, 5.74) is 0.652. The quantitative estimate of drug-likeness (QED) is 0.879. The maximum absolute atomic E-state index is 11.8. The second-order valence-electron chi connectivity index (χ2n) is 5.61. The van der Waals surface area contributed by atoms with Crippen molar-refractivity contribution < 1.29 is 9.53 Å². The number of amides is 1. The molecule has 0 fully saturated rings. The van der Waals surface area contributed by atoms with Gasteiger partial charge in [-0.25, -0.2) is 4.79 Å². The van der Waals surface area contributed by atoms with Crippen LogP contribution >= 0.6 is 0 Å². The van der Waals surface area contributed by atoms with Crippen molar-refractivity contribution in [2.45, 2.75) is 45.4 Å². The van der Waals surface area contributed by atoms with Crippen LogP contribution in [0.15, 0.2) is 30.3 Å². The van der Waals surface area contributed by atoms with Crippen LogP contribution in [0.1, 0.15) is 39.3 Å². The molecule has 0 heterocycles. The van der Waals surface area contributed by atoms with Gasteiger partial charge in [-0.3, -0.25) is 0 Å². The molecule has 1 amide bonds. The highest BCUT2D eigenvalue weighted by Crippen LogP contribution is 2.16. The van der Waals surface area contributed by atoms with Gasteiger partial charge in [0, 0.05) is 6.04 Å². The van der Waals surface area contributed by atoms with Crippen LogP contribution in [-0.4, -0.2) is 24.8 Å². The number of carbonyl (C=O) groups excluding carboxylic acids is 1. The van der Waals surface area contributed by atoms with Crippen molar-refractivity contribution in [3.63, 3.8) is 0 Å². The van der Waals surface area contributed by atoms with Gasteiger partial charge in [0.25, 0.3) is 0 Å². The Morgan fingerprint density at radius 1 is 1.21 bits per heavy atom. The van der Waals surface area contributed by atoms with E-state index in [1.807, 2.05) is 65.1 Å². The van der Waals surface area contributed by atoms with E-state index in [1.54, 1.807) is 0 Å². The third-order valence-electron chi connectivity index (χ3n) is 2.71. The number of hydrogen-bond acceptors (Lipinski definition) is 3. The molecule has 0 saturated carbocycles. The molecule has 1 aromatic rings. The van der Waals surface area contributed by atoms with Gasteiger partial charge in [-0.05, 0) is 40.3 Å². The fourth-order valence-electron chi connectivity index (χ4n) is 1.94. The summed E-state index contributed by atoms with van der Waals surface area (Å²) in [4.78, 5) is 11.8. The molecule has 2 N–H and O–H groups in total. The van der Waals surface area contributed by atoms with Crippen LogP contribution in [-0.2, 0) is 4.74 Å². The zero-order valence-corrected chi connectivity index (χ0v) is 12.4. The smallest absolute Gasteiger partial charge is 0.407 e. The molecule has 0 saturated heterocycles. The summed E-state index contributed by atoms with van der Waals surface area (Å²) in [5, 5.41) is 6.08. The molecule has 0 unspecified atom stereocenters. The van der Waals surface area contributed by atoms with E-state index in [0.717, 1.165) is 5.56 Å². The van der Waals surface area contributed by atoms with Crippen LogP contribution in [0.2, 0.25) is 0 Å². The van der Waals surface area contributed by atoms with E-state index in [0.29, 0.717) is 0 Å². The lowest BCUT2D eigenvalue weighted by molar-refractivity contribution is 0.0498. The zero-order chi connectivity index (χ0) is 14.5. The molecule has 1 rings (SSSR count). The van der Waals surface area contributed by atoms with Gasteiger partial charge in [-0.15, -0.1) is 0 Å². The van der Waals surface area contributed by atoms with E-state index in [9.17, 15) is 4.79 Å². The van der Waals surface area contributed by atoms with Crippen molar-refractivity contribution in [1.82, 2.24) is 10.6 Å². The molecule has 4 heteroatoms. The van der Waals surface area contributed by atoms with Gasteiger partial charge >= 0.3 is 6.09 Å². The van der Waals surface area contributed by atoms with Gasteiger partial charge in [0.05, 0.1) is 6.04 Å². The predicted octanol–water partition coefficient (Wildman–Crippen LogP) is 2.86. The van der Waals surface area contributed by atoms with E-state index in [1.165, 1.54) is 0 Å². The number of likely N-dealkylation sites (N-methyl/N-ethyl adjacent to an activating group) is 1. The van der Waals surface area contributed by atoms with Gasteiger partial charge < -0.3 is 15.4 Å². The standard InChI is InChI=1S/C15H24N2O2/c1-11(17-14(18)19-15(2,3)4)13(16-5)12-9-7-6-8-10-12/h6-11,13,16H,1-5H3,(H,17,18)/t11-,13+/m1/s1. The predicted molar refractivity (Wildman–Crippen MR) is 77.1 cm³/mol. The minimum absolute atomic E-state index is 0.0497. The van der Waals surface area contributed by atoms with Gasteiger partial charge in [-0.1, -0.05) is 30.3 Å². The van der Waals surface area contributed by atoms with Crippen LogP contribution in [0.5, 0.6) is 0 Å². The van der Waals surface area contributed by atoms with E-state index in [2.05, 4.69) is 10.6 Å². The lowest BCUT2D eigenvalue weighted by Crippen LogP contribution is -2.43. The Kier molecular flexibility index (Phi) is 5.36. The molecular weight excluding hydrogens is 240 g/mol. The normalized spacial score (nSPS) is 14.6. The fourth-order valence-corrected chi connectivity index (χ4v) is 1.94. The average molecular weight is 264 g/mol. The molecular formula is C15H24N2O2. The topological polar surface area (TPSA) is 50.4 Å². The molecule has 4 nitrogen and oxygen atoms in total. The second kappa shape index (κ2) is 6.57. The Morgan fingerprint density at radius 2 is 1.79 bits per heavy atom. The van der Waals surface area contributed by atoms with Gasteiger partial charge in [0.1, 0.15) is 5.60 Å². The molecule has 0 aliphatic rings. The van der Waals surface area contributed by atoms with Crippen LogP contribution in [0.3, 0.4) is 0 Å². The maximum atomic E-state index is 11.8. The molecule has 0 aromatic heterocycles. The van der Waals surface area contributed by atoms with E-state index < -0.39 is 11.7 Å². The first kappa shape index (κ1) is 15.5. The minimum atomic E-state index is -0.480. The number of ether oxygens (including phenoxy) is 1. The zero-order valence-electron chi connectivity index (χ0n) is 12.4. The van der Waals surface area contributed by atoms with Gasteiger partial charge in [0.15, 0.2) is 0 Å². The molecule has 0 radical (unpaired) electrons. The summed E-state index contributed by atoms with van der Waals surface area (Å²) in [6.45, 7) is 7.51. The van der Waals surface area contributed by atoms with Crippen molar-refractivity contribution in [3.8, 4) is 0 Å². The summed E-state index contributed by atoms with van der Waals surface area (Å²) in [6, 6.07) is 10.0. The summed E-state index contributed by atoms with van der Waals surface area (Å²) in [5.74, 6) is 0. The van der Waals surface area contributed by atoms with Gasteiger partial charge in [-0.2, -0.15) is 0 Å². The molecule has 0 spiro atoms. The Bertz CT molecular complexity index is 398. The van der Waals surface area contributed by atoms with Crippen molar-refractivity contribution in [2.24, 2.45) is 0 Å². The first-order chi connectivity index (χ1) is 8.83. The summed E-state index contributed by atoms with van der Waals surface area (Å²) in [7, 11) is 1.88. The third-order valence-corrected chi connectivity index (χ3v) is 2.71. The highest BCUT2D eigenvalue weighted by atomic mass is 16.6. The van der Waals surface area contributed by atoms with E-state index >= 15 is 0 Å². The number of hydrogen-bond donors (Lipinski definition) is 2. The fraction of sp³-hybridized carbons (Fsp3) is 0.533. The SMILES string of the molecule is CN[C@H](c1ccccc1)[C@@H](C)NC(=O)OC(C)(C)C. The molecule has 0 aliphatic heterocycles. The second-order valence-corrected chi connectivity index (χ2v) is 5.61. The monoisotopic (exact) mass is 264 g/mol. The Morgan fingerprint density at radius 3 is 2.26 bits per heavy atom.